The molecule has 1 aromatic rings. The van der Waals surface area contributed by atoms with E-state index in [2.05, 4.69) is 57.1 Å². The minimum Gasteiger partial charge on any atom is -0.488 e. The predicted molar refractivity (Wildman–Crippen MR) is 87.5 cm³/mol. The molecule has 2 aliphatic rings. The molecule has 0 spiro atoms. The Balaban J connectivity index is 1.98. The molecule has 1 atom stereocenters. The molecule has 3 rings (SSSR count). The Morgan fingerprint density at radius 2 is 2.00 bits per heavy atom. The molecule has 0 aromatic heterocycles. The van der Waals surface area contributed by atoms with Gasteiger partial charge in [0.1, 0.15) is 5.75 Å². The quantitative estimate of drug-likeness (QED) is 0.861. The van der Waals surface area contributed by atoms with Crippen LogP contribution in [-0.4, -0.2) is 24.6 Å². The smallest absolute Gasteiger partial charge is 0.142 e. The Kier molecular flexibility index (Phi) is 3.39. The van der Waals surface area contributed by atoms with Gasteiger partial charge in [0.2, 0.25) is 0 Å². The summed E-state index contributed by atoms with van der Waals surface area (Å²) in [6.45, 7) is 7.86. The standard InChI is InChI=1S/C18H26N2O/c1-12-9-16(19)17(21-13-5-6-13)10-14(12)15-7-8-20(4)11-18(15,2)3/h7-10,13,15H,5-6,11,19H2,1-4H3. The molecule has 3 heteroatoms. The Morgan fingerprint density at radius 3 is 2.62 bits per heavy atom. The summed E-state index contributed by atoms with van der Waals surface area (Å²) in [5.41, 5.74) is 9.69. The summed E-state index contributed by atoms with van der Waals surface area (Å²) in [7, 11) is 2.13. The van der Waals surface area contributed by atoms with Gasteiger partial charge >= 0.3 is 0 Å². The van der Waals surface area contributed by atoms with E-state index in [4.69, 9.17) is 10.5 Å². The lowest BCUT2D eigenvalue weighted by atomic mass is 9.72. The number of hydrogen-bond acceptors (Lipinski definition) is 3. The summed E-state index contributed by atoms with van der Waals surface area (Å²) in [6.07, 6.45) is 7.18. The highest BCUT2D eigenvalue weighted by Gasteiger charge is 2.34. The summed E-state index contributed by atoms with van der Waals surface area (Å²) in [6, 6.07) is 4.24. The van der Waals surface area contributed by atoms with E-state index in [1.165, 1.54) is 11.1 Å². The highest BCUT2D eigenvalue weighted by atomic mass is 16.5. The van der Waals surface area contributed by atoms with Gasteiger partial charge in [-0.3, -0.25) is 0 Å². The van der Waals surface area contributed by atoms with Crippen molar-refractivity contribution in [1.29, 1.82) is 0 Å². The van der Waals surface area contributed by atoms with Gasteiger partial charge in [0, 0.05) is 19.5 Å². The van der Waals surface area contributed by atoms with Crippen molar-refractivity contribution in [3.05, 3.63) is 35.5 Å². The van der Waals surface area contributed by atoms with Crippen molar-refractivity contribution in [3.63, 3.8) is 0 Å². The molecule has 2 N–H and O–H groups in total. The van der Waals surface area contributed by atoms with Crippen LogP contribution in [0.4, 0.5) is 5.69 Å². The molecule has 1 aliphatic carbocycles. The normalized spacial score (nSPS) is 24.2. The molecule has 1 unspecified atom stereocenters. The number of ether oxygens (including phenoxy) is 1. The van der Waals surface area contributed by atoms with Crippen molar-refractivity contribution < 1.29 is 4.74 Å². The zero-order valence-electron chi connectivity index (χ0n) is 13.5. The highest BCUT2D eigenvalue weighted by molar-refractivity contribution is 5.58. The number of benzene rings is 1. The molecule has 114 valence electrons. The second-order valence-corrected chi connectivity index (χ2v) is 7.29. The summed E-state index contributed by atoms with van der Waals surface area (Å²) >= 11 is 0. The maximum atomic E-state index is 6.13. The number of aryl methyl sites for hydroxylation is 1. The van der Waals surface area contributed by atoms with Crippen molar-refractivity contribution in [2.24, 2.45) is 5.41 Å². The third-order valence-corrected chi connectivity index (χ3v) is 4.58. The average Bonchev–Trinajstić information content (AvgIpc) is 3.16. The van der Waals surface area contributed by atoms with E-state index in [-0.39, 0.29) is 5.41 Å². The van der Waals surface area contributed by atoms with Crippen LogP contribution in [0, 0.1) is 12.3 Å². The second-order valence-electron chi connectivity index (χ2n) is 7.29. The summed E-state index contributed by atoms with van der Waals surface area (Å²) < 4.78 is 5.97. The van der Waals surface area contributed by atoms with E-state index in [9.17, 15) is 0 Å². The summed E-state index contributed by atoms with van der Waals surface area (Å²) in [5, 5.41) is 0. The van der Waals surface area contributed by atoms with Gasteiger partial charge in [-0.05, 0) is 54.6 Å². The van der Waals surface area contributed by atoms with Gasteiger partial charge in [-0.2, -0.15) is 0 Å². The Labute approximate surface area is 127 Å². The number of rotatable bonds is 3. The molecule has 21 heavy (non-hydrogen) atoms. The molecule has 1 heterocycles. The van der Waals surface area contributed by atoms with E-state index in [0.717, 1.165) is 30.8 Å². The fraction of sp³-hybridized carbons (Fsp3) is 0.556. The average molecular weight is 286 g/mol. The minimum atomic E-state index is 0.196. The first-order valence-corrected chi connectivity index (χ1v) is 7.82. The molecule has 0 bridgehead atoms. The molecule has 1 aliphatic heterocycles. The van der Waals surface area contributed by atoms with Crippen LogP contribution in [0.5, 0.6) is 5.75 Å². The molecule has 1 saturated carbocycles. The van der Waals surface area contributed by atoms with Crippen LogP contribution in [-0.2, 0) is 0 Å². The molecule has 0 saturated heterocycles. The molecular weight excluding hydrogens is 260 g/mol. The van der Waals surface area contributed by atoms with Crippen LogP contribution < -0.4 is 10.5 Å². The molecule has 1 aromatic carbocycles. The lowest BCUT2D eigenvalue weighted by Crippen LogP contribution is -2.36. The number of hydrogen-bond donors (Lipinski definition) is 1. The fourth-order valence-corrected chi connectivity index (χ4v) is 3.34. The van der Waals surface area contributed by atoms with Crippen molar-refractivity contribution in [2.45, 2.75) is 45.6 Å². The van der Waals surface area contributed by atoms with Crippen LogP contribution in [0.3, 0.4) is 0 Å². The van der Waals surface area contributed by atoms with Crippen LogP contribution in [0.25, 0.3) is 0 Å². The van der Waals surface area contributed by atoms with E-state index in [1.807, 2.05) is 0 Å². The predicted octanol–water partition coefficient (Wildman–Crippen LogP) is 3.69. The summed E-state index contributed by atoms with van der Waals surface area (Å²) in [4.78, 5) is 2.25. The zero-order valence-corrected chi connectivity index (χ0v) is 13.5. The third-order valence-electron chi connectivity index (χ3n) is 4.58. The number of anilines is 1. The molecule has 1 fully saturated rings. The van der Waals surface area contributed by atoms with Gasteiger partial charge in [-0.15, -0.1) is 0 Å². The van der Waals surface area contributed by atoms with Crippen molar-refractivity contribution in [1.82, 2.24) is 4.90 Å². The lowest BCUT2D eigenvalue weighted by Gasteiger charge is -2.40. The SMILES string of the molecule is Cc1cc(N)c(OC2CC2)cc1C1C=CN(C)CC1(C)C. The van der Waals surface area contributed by atoms with E-state index in [1.54, 1.807) is 0 Å². The monoisotopic (exact) mass is 286 g/mol. The number of nitrogens with two attached hydrogens (primary N) is 1. The number of allylic oxidation sites excluding steroid dienone is 1. The van der Waals surface area contributed by atoms with E-state index in [0.29, 0.717) is 12.0 Å². The lowest BCUT2D eigenvalue weighted by molar-refractivity contribution is 0.214. The largest absolute Gasteiger partial charge is 0.488 e. The first-order valence-electron chi connectivity index (χ1n) is 7.82. The van der Waals surface area contributed by atoms with Gasteiger partial charge < -0.3 is 15.4 Å². The fourth-order valence-electron chi connectivity index (χ4n) is 3.34. The van der Waals surface area contributed by atoms with Crippen LogP contribution in [0.15, 0.2) is 24.4 Å². The van der Waals surface area contributed by atoms with Gasteiger partial charge in [-0.25, -0.2) is 0 Å². The Bertz CT molecular complexity index is 573. The molecular formula is C18H26N2O. The van der Waals surface area contributed by atoms with Gasteiger partial charge in [-0.1, -0.05) is 19.9 Å². The van der Waals surface area contributed by atoms with E-state index >= 15 is 0 Å². The van der Waals surface area contributed by atoms with Crippen LogP contribution >= 0.6 is 0 Å². The van der Waals surface area contributed by atoms with Gasteiger partial charge in [0.15, 0.2) is 0 Å². The first kappa shape index (κ1) is 14.3. The van der Waals surface area contributed by atoms with Crippen LogP contribution in [0.2, 0.25) is 0 Å². The van der Waals surface area contributed by atoms with Gasteiger partial charge in [0.05, 0.1) is 11.8 Å². The van der Waals surface area contributed by atoms with E-state index < -0.39 is 0 Å². The molecule has 3 nitrogen and oxygen atoms in total. The van der Waals surface area contributed by atoms with Gasteiger partial charge in [0.25, 0.3) is 0 Å². The zero-order chi connectivity index (χ0) is 15.2. The number of nitrogens with zero attached hydrogens (tertiary/aromatic N) is 1. The maximum absolute atomic E-state index is 6.13. The first-order chi connectivity index (χ1) is 9.87. The number of nitrogen functional groups attached to an aromatic ring is 1. The molecule has 0 radical (unpaired) electrons. The summed E-state index contributed by atoms with van der Waals surface area (Å²) in [5.74, 6) is 1.26. The second kappa shape index (κ2) is 4.97. The highest BCUT2D eigenvalue weighted by Crippen LogP contribution is 2.43. The third kappa shape index (κ3) is 2.87. The topological polar surface area (TPSA) is 38.5 Å². The minimum absolute atomic E-state index is 0.196. The van der Waals surface area contributed by atoms with Crippen LogP contribution in [0.1, 0.15) is 43.7 Å². The van der Waals surface area contributed by atoms with Crippen molar-refractivity contribution in [3.8, 4) is 5.75 Å². The van der Waals surface area contributed by atoms with Crippen molar-refractivity contribution >= 4 is 5.69 Å². The Morgan fingerprint density at radius 1 is 1.29 bits per heavy atom. The molecule has 0 amide bonds. The maximum Gasteiger partial charge on any atom is 0.142 e. The Hall–Kier alpha value is -1.64. The van der Waals surface area contributed by atoms with Crippen molar-refractivity contribution in [2.75, 3.05) is 19.3 Å².